The topological polar surface area (TPSA) is 97.1 Å². The summed E-state index contributed by atoms with van der Waals surface area (Å²) in [4.78, 5) is 9.05. The minimum atomic E-state index is -3.74. The third-order valence-electron chi connectivity index (χ3n) is 7.08. The van der Waals surface area contributed by atoms with Crippen molar-refractivity contribution < 1.29 is 13.2 Å². The minimum Gasteiger partial charge on any atom is -0.381 e. The summed E-state index contributed by atoms with van der Waals surface area (Å²) in [5, 5.41) is 4.47. The van der Waals surface area contributed by atoms with Crippen molar-refractivity contribution >= 4 is 56.6 Å². The van der Waals surface area contributed by atoms with Gasteiger partial charge in [0.15, 0.2) is 0 Å². The van der Waals surface area contributed by atoms with E-state index in [1.54, 1.807) is 24.4 Å². The number of aromatic nitrogens is 1. The summed E-state index contributed by atoms with van der Waals surface area (Å²) in [5.41, 5.74) is 5.38. The van der Waals surface area contributed by atoms with Crippen LogP contribution >= 0.6 is 0 Å². The summed E-state index contributed by atoms with van der Waals surface area (Å²) in [6, 6.07) is 19.1. The van der Waals surface area contributed by atoms with Crippen LogP contribution in [-0.2, 0) is 21.8 Å². The molecule has 3 aromatic carbocycles. The fraction of sp³-hybridized carbons (Fsp3) is 0.267. The van der Waals surface area contributed by atoms with Gasteiger partial charge in [-0.25, -0.2) is 13.1 Å². The number of hydrogen-bond acceptors (Lipinski definition) is 6. The van der Waals surface area contributed by atoms with E-state index in [0.717, 1.165) is 34.9 Å². The Labute approximate surface area is 229 Å². The highest BCUT2D eigenvalue weighted by atomic mass is 32.2. The van der Waals surface area contributed by atoms with E-state index >= 15 is 0 Å². The lowest BCUT2D eigenvalue weighted by molar-refractivity contribution is 0.0678. The molecule has 0 bridgehead atoms. The molecule has 0 amide bonds. The van der Waals surface area contributed by atoms with Gasteiger partial charge in [-0.15, -0.1) is 0 Å². The van der Waals surface area contributed by atoms with Crippen LogP contribution in [0.3, 0.4) is 0 Å². The molecule has 0 spiro atoms. The molecule has 0 aliphatic carbocycles. The van der Waals surface area contributed by atoms with Gasteiger partial charge in [0.1, 0.15) is 4.90 Å². The SMILES string of the molecule is C=Nc1cc(Nc2ccccc2S(=O)(=O)NCC2CCOCC2)cc(-c2ccc3ccn(C)c3c2)c1N=CC. The second-order valence-electron chi connectivity index (χ2n) is 9.67. The number of hydrogen-bond donors (Lipinski definition) is 2. The van der Waals surface area contributed by atoms with Gasteiger partial charge in [0.05, 0.1) is 17.1 Å². The summed E-state index contributed by atoms with van der Waals surface area (Å²) in [6.45, 7) is 7.35. The zero-order chi connectivity index (χ0) is 27.4. The standard InChI is InChI=1S/C30H33N5O3S/c1-4-32-30-25(23-10-9-22-11-14-35(3)28(22)17-23)18-24(19-27(30)31-2)34-26-7-5-6-8-29(26)39(36,37)33-20-21-12-15-38-16-13-21/h4-11,14,17-19,21,33-34H,2,12-13,15-16,20H2,1,3H3. The molecule has 5 rings (SSSR count). The largest absolute Gasteiger partial charge is 0.381 e. The molecule has 202 valence electrons. The lowest BCUT2D eigenvalue weighted by Crippen LogP contribution is -2.32. The van der Waals surface area contributed by atoms with E-state index < -0.39 is 10.0 Å². The first-order valence-corrected chi connectivity index (χ1v) is 14.5. The highest BCUT2D eigenvalue weighted by Crippen LogP contribution is 2.42. The Bertz CT molecular complexity index is 1640. The molecular weight excluding hydrogens is 510 g/mol. The number of nitrogens with zero attached hydrogens (tertiary/aromatic N) is 3. The van der Waals surface area contributed by atoms with E-state index in [0.29, 0.717) is 42.5 Å². The van der Waals surface area contributed by atoms with E-state index in [9.17, 15) is 8.42 Å². The van der Waals surface area contributed by atoms with Crippen LogP contribution in [0, 0.1) is 5.92 Å². The predicted molar refractivity (Wildman–Crippen MR) is 160 cm³/mol. The molecule has 2 N–H and O–H groups in total. The van der Waals surface area contributed by atoms with Crippen LogP contribution in [0.15, 0.2) is 81.7 Å². The maximum atomic E-state index is 13.3. The number of nitrogens with one attached hydrogen (secondary N) is 2. The van der Waals surface area contributed by atoms with E-state index in [1.165, 1.54) is 0 Å². The van der Waals surface area contributed by atoms with E-state index in [4.69, 9.17) is 4.74 Å². The van der Waals surface area contributed by atoms with Gasteiger partial charge in [0.25, 0.3) is 0 Å². The third kappa shape index (κ3) is 5.80. The average molecular weight is 544 g/mol. The molecule has 0 unspecified atom stereocenters. The summed E-state index contributed by atoms with van der Waals surface area (Å²) in [6.07, 6.45) is 5.46. The zero-order valence-corrected chi connectivity index (χ0v) is 23.0. The second kappa shape index (κ2) is 11.5. The van der Waals surface area contributed by atoms with Crippen molar-refractivity contribution in [3.8, 4) is 11.1 Å². The molecule has 4 aromatic rings. The normalized spacial score (nSPS) is 14.7. The first-order chi connectivity index (χ1) is 18.9. The Balaban J connectivity index is 1.52. The number of fused-ring (bicyclic) bond motifs is 1. The molecule has 2 heterocycles. The lowest BCUT2D eigenvalue weighted by Gasteiger charge is -2.22. The third-order valence-corrected chi connectivity index (χ3v) is 8.56. The first-order valence-electron chi connectivity index (χ1n) is 13.0. The van der Waals surface area contributed by atoms with E-state index in [1.807, 2.05) is 38.4 Å². The van der Waals surface area contributed by atoms with Gasteiger partial charge < -0.3 is 14.6 Å². The smallest absolute Gasteiger partial charge is 0.242 e. The number of ether oxygens (including phenoxy) is 1. The lowest BCUT2D eigenvalue weighted by atomic mass is 10.00. The van der Waals surface area contributed by atoms with Crippen LogP contribution in [0.5, 0.6) is 0 Å². The number of aryl methyl sites for hydroxylation is 1. The molecule has 0 atom stereocenters. The van der Waals surface area contributed by atoms with Gasteiger partial charge >= 0.3 is 0 Å². The van der Waals surface area contributed by atoms with Gasteiger partial charge in [-0.2, -0.15) is 0 Å². The van der Waals surface area contributed by atoms with Crippen molar-refractivity contribution in [1.82, 2.24) is 9.29 Å². The molecule has 39 heavy (non-hydrogen) atoms. The Kier molecular flexibility index (Phi) is 7.92. The number of rotatable bonds is 9. The van der Waals surface area contributed by atoms with Gasteiger partial charge in [0, 0.05) is 56.0 Å². The fourth-order valence-electron chi connectivity index (χ4n) is 4.94. The fourth-order valence-corrected chi connectivity index (χ4v) is 6.22. The molecule has 1 aliphatic rings. The van der Waals surface area contributed by atoms with Crippen LogP contribution in [0.1, 0.15) is 19.8 Å². The molecule has 0 radical (unpaired) electrons. The van der Waals surface area contributed by atoms with E-state index in [2.05, 4.69) is 55.6 Å². The van der Waals surface area contributed by atoms with Crippen LogP contribution in [0.2, 0.25) is 0 Å². The Morgan fingerprint density at radius 1 is 1.10 bits per heavy atom. The summed E-state index contributed by atoms with van der Waals surface area (Å²) < 4.78 is 36.9. The van der Waals surface area contributed by atoms with Gasteiger partial charge in [0.2, 0.25) is 10.0 Å². The molecule has 9 heteroatoms. The van der Waals surface area contributed by atoms with Crippen molar-refractivity contribution in [2.75, 3.05) is 25.1 Å². The quantitative estimate of drug-likeness (QED) is 0.241. The molecule has 1 fully saturated rings. The first kappa shape index (κ1) is 26.8. The predicted octanol–water partition coefficient (Wildman–Crippen LogP) is 6.35. The van der Waals surface area contributed by atoms with Crippen LogP contribution in [-0.4, -0.2) is 45.7 Å². The monoisotopic (exact) mass is 543 g/mol. The van der Waals surface area contributed by atoms with Crippen molar-refractivity contribution in [3.63, 3.8) is 0 Å². The molecule has 0 saturated carbocycles. The Hall–Kier alpha value is -3.79. The minimum absolute atomic E-state index is 0.188. The van der Waals surface area contributed by atoms with Crippen molar-refractivity contribution in [3.05, 3.63) is 66.9 Å². The number of para-hydroxylation sites is 1. The molecule has 1 aliphatic heterocycles. The van der Waals surface area contributed by atoms with Gasteiger partial charge in [-0.3, -0.25) is 9.98 Å². The highest BCUT2D eigenvalue weighted by molar-refractivity contribution is 7.89. The van der Waals surface area contributed by atoms with Crippen molar-refractivity contribution in [2.45, 2.75) is 24.7 Å². The van der Waals surface area contributed by atoms with Crippen LogP contribution in [0.25, 0.3) is 22.0 Å². The number of sulfonamides is 1. The summed E-state index contributed by atoms with van der Waals surface area (Å²) in [5.74, 6) is 0.269. The number of benzene rings is 3. The number of aliphatic imine (C=N–C) groups is 2. The van der Waals surface area contributed by atoms with Crippen LogP contribution in [0.4, 0.5) is 22.7 Å². The number of anilines is 2. The van der Waals surface area contributed by atoms with Crippen molar-refractivity contribution in [1.29, 1.82) is 0 Å². The van der Waals surface area contributed by atoms with E-state index in [-0.39, 0.29) is 10.8 Å². The molecule has 1 aromatic heterocycles. The van der Waals surface area contributed by atoms with Crippen molar-refractivity contribution in [2.24, 2.45) is 23.0 Å². The Morgan fingerprint density at radius 3 is 2.67 bits per heavy atom. The highest BCUT2D eigenvalue weighted by Gasteiger charge is 2.22. The second-order valence-corrected chi connectivity index (χ2v) is 11.4. The zero-order valence-electron chi connectivity index (χ0n) is 22.2. The van der Waals surface area contributed by atoms with Gasteiger partial charge in [-0.1, -0.05) is 24.3 Å². The molecule has 1 saturated heterocycles. The maximum absolute atomic E-state index is 13.3. The molecular formula is C30H33N5O3S. The average Bonchev–Trinajstić information content (AvgIpc) is 3.33. The molecule has 8 nitrogen and oxygen atoms in total. The Morgan fingerprint density at radius 2 is 1.90 bits per heavy atom. The summed E-state index contributed by atoms with van der Waals surface area (Å²) in [7, 11) is -1.73. The van der Waals surface area contributed by atoms with Crippen LogP contribution < -0.4 is 10.0 Å². The van der Waals surface area contributed by atoms with Gasteiger partial charge in [-0.05, 0) is 79.7 Å². The summed E-state index contributed by atoms with van der Waals surface area (Å²) >= 11 is 0. The maximum Gasteiger partial charge on any atom is 0.242 e.